The lowest BCUT2D eigenvalue weighted by Crippen LogP contribution is -2.45. The first-order valence-electron chi connectivity index (χ1n) is 6.98. The molecule has 0 aromatic carbocycles. The Kier molecular flexibility index (Phi) is 2.60. The maximum absolute atomic E-state index is 4.80. The van der Waals surface area contributed by atoms with Crippen molar-refractivity contribution in [3.8, 4) is 0 Å². The highest BCUT2D eigenvalue weighted by Gasteiger charge is 2.19. The fourth-order valence-electron chi connectivity index (χ4n) is 2.84. The smallest absolute Gasteiger partial charge is 0.178 e. The molecule has 0 unspecified atom stereocenters. The molecule has 5 heteroatoms. The number of piperazine rings is 1. The summed E-state index contributed by atoms with van der Waals surface area (Å²) >= 11 is 0. The summed E-state index contributed by atoms with van der Waals surface area (Å²) in [5.41, 5.74) is 3.03. The molecule has 3 aromatic rings. The Morgan fingerprint density at radius 2 is 1.80 bits per heavy atom. The van der Waals surface area contributed by atoms with Crippen LogP contribution in [-0.2, 0) is 0 Å². The Labute approximate surface area is 117 Å². The van der Waals surface area contributed by atoms with Gasteiger partial charge in [-0.25, -0.2) is 9.97 Å². The molecule has 0 spiro atoms. The fraction of sp³-hybridized carbons (Fsp3) is 0.333. The molecular formula is C15H17N5. The van der Waals surface area contributed by atoms with E-state index in [2.05, 4.69) is 50.6 Å². The van der Waals surface area contributed by atoms with Crippen LogP contribution in [0.15, 0.2) is 36.7 Å². The van der Waals surface area contributed by atoms with E-state index in [0.29, 0.717) is 0 Å². The molecule has 0 N–H and O–H groups in total. The van der Waals surface area contributed by atoms with Gasteiger partial charge in [0, 0.05) is 38.6 Å². The fourth-order valence-corrected chi connectivity index (χ4v) is 2.84. The van der Waals surface area contributed by atoms with E-state index in [1.54, 1.807) is 6.20 Å². The number of pyridine rings is 1. The van der Waals surface area contributed by atoms with Gasteiger partial charge in [0.05, 0.1) is 11.0 Å². The first kappa shape index (κ1) is 11.7. The number of hydrogen-bond donors (Lipinski definition) is 0. The van der Waals surface area contributed by atoms with E-state index in [0.717, 1.165) is 48.7 Å². The molecule has 4 rings (SSSR count). The lowest BCUT2D eigenvalue weighted by atomic mass is 10.3. The van der Waals surface area contributed by atoms with Crippen molar-refractivity contribution >= 4 is 22.5 Å². The van der Waals surface area contributed by atoms with Crippen LogP contribution >= 0.6 is 0 Å². The van der Waals surface area contributed by atoms with Crippen molar-refractivity contribution in [3.63, 3.8) is 0 Å². The minimum Gasteiger partial charge on any atom is -0.352 e. The molecule has 0 atom stereocenters. The predicted molar refractivity (Wildman–Crippen MR) is 80.2 cm³/mol. The number of likely N-dealkylation sites (N-methyl/N-ethyl adjacent to an activating group) is 1. The molecule has 5 nitrogen and oxygen atoms in total. The maximum atomic E-state index is 4.80. The quantitative estimate of drug-likeness (QED) is 0.671. The second-order valence-corrected chi connectivity index (χ2v) is 5.34. The van der Waals surface area contributed by atoms with Crippen molar-refractivity contribution < 1.29 is 0 Å². The van der Waals surface area contributed by atoms with Crippen LogP contribution in [0.25, 0.3) is 16.7 Å². The van der Waals surface area contributed by atoms with Gasteiger partial charge in [-0.1, -0.05) is 0 Å². The Balaban J connectivity index is 1.90. The van der Waals surface area contributed by atoms with Gasteiger partial charge < -0.3 is 14.2 Å². The molecule has 0 saturated carbocycles. The Hall–Kier alpha value is -2.14. The predicted octanol–water partition coefficient (Wildman–Crippen LogP) is 1.63. The highest BCUT2D eigenvalue weighted by atomic mass is 15.3. The third-order valence-corrected chi connectivity index (χ3v) is 4.02. The zero-order valence-corrected chi connectivity index (χ0v) is 11.5. The van der Waals surface area contributed by atoms with E-state index in [1.807, 2.05) is 6.07 Å². The maximum Gasteiger partial charge on any atom is 0.178 e. The summed E-state index contributed by atoms with van der Waals surface area (Å²) in [6.07, 6.45) is 3.89. The average Bonchev–Trinajstić information content (AvgIpc) is 2.97. The molecule has 1 aliphatic heterocycles. The second kappa shape index (κ2) is 4.45. The Morgan fingerprint density at radius 1 is 1.00 bits per heavy atom. The first-order chi connectivity index (χ1) is 9.83. The number of hydrogen-bond acceptors (Lipinski definition) is 4. The molecule has 0 aliphatic carbocycles. The normalized spacial score (nSPS) is 17.1. The van der Waals surface area contributed by atoms with Gasteiger partial charge in [0.2, 0.25) is 0 Å². The monoisotopic (exact) mass is 267 g/mol. The van der Waals surface area contributed by atoms with Crippen LogP contribution in [-0.4, -0.2) is 52.5 Å². The number of aromatic nitrogens is 3. The third kappa shape index (κ3) is 1.74. The van der Waals surface area contributed by atoms with Gasteiger partial charge >= 0.3 is 0 Å². The number of rotatable bonds is 1. The molecule has 0 radical (unpaired) electrons. The van der Waals surface area contributed by atoms with E-state index in [-0.39, 0.29) is 0 Å². The number of anilines is 1. The SMILES string of the molecule is CN1CCN(c2nc3ncccc3n3cccc23)CC1. The van der Waals surface area contributed by atoms with Crippen molar-refractivity contribution in [1.82, 2.24) is 19.3 Å². The van der Waals surface area contributed by atoms with Gasteiger partial charge in [0.15, 0.2) is 11.5 Å². The molecule has 1 fully saturated rings. The third-order valence-electron chi connectivity index (χ3n) is 4.02. The zero-order chi connectivity index (χ0) is 13.5. The van der Waals surface area contributed by atoms with Crippen LogP contribution < -0.4 is 4.90 Å². The molecule has 3 aromatic heterocycles. The molecule has 4 heterocycles. The number of fused-ring (bicyclic) bond motifs is 3. The van der Waals surface area contributed by atoms with Crippen LogP contribution in [0.5, 0.6) is 0 Å². The lowest BCUT2D eigenvalue weighted by Gasteiger charge is -2.33. The molecule has 0 amide bonds. The van der Waals surface area contributed by atoms with Crippen molar-refractivity contribution in [2.75, 3.05) is 38.1 Å². The molecule has 1 saturated heterocycles. The van der Waals surface area contributed by atoms with Crippen molar-refractivity contribution in [2.24, 2.45) is 0 Å². The zero-order valence-electron chi connectivity index (χ0n) is 11.5. The molecule has 1 aliphatic rings. The summed E-state index contributed by atoms with van der Waals surface area (Å²) in [5, 5.41) is 0. The van der Waals surface area contributed by atoms with E-state index in [9.17, 15) is 0 Å². The van der Waals surface area contributed by atoms with Crippen LogP contribution in [0.3, 0.4) is 0 Å². The minimum absolute atomic E-state index is 0.810. The van der Waals surface area contributed by atoms with Crippen molar-refractivity contribution in [2.45, 2.75) is 0 Å². The first-order valence-corrected chi connectivity index (χ1v) is 6.98. The summed E-state index contributed by atoms with van der Waals surface area (Å²) in [5.74, 6) is 1.05. The van der Waals surface area contributed by atoms with Gasteiger partial charge in [-0.15, -0.1) is 0 Å². The average molecular weight is 267 g/mol. The highest BCUT2D eigenvalue weighted by molar-refractivity contribution is 5.82. The standard InChI is InChI=1S/C15H17N5/c1-18-8-10-19(11-9-18)15-13-5-3-7-20(13)12-4-2-6-16-14(12)17-15/h2-7H,8-11H2,1H3. The summed E-state index contributed by atoms with van der Waals surface area (Å²) in [7, 11) is 2.17. The number of nitrogens with zero attached hydrogens (tertiary/aromatic N) is 5. The molecule has 0 bridgehead atoms. The van der Waals surface area contributed by atoms with Crippen LogP contribution in [0, 0.1) is 0 Å². The minimum atomic E-state index is 0.810. The highest BCUT2D eigenvalue weighted by Crippen LogP contribution is 2.24. The van der Waals surface area contributed by atoms with Gasteiger partial charge in [-0.05, 0) is 31.3 Å². The summed E-state index contributed by atoms with van der Waals surface area (Å²) < 4.78 is 2.18. The summed E-state index contributed by atoms with van der Waals surface area (Å²) in [6.45, 7) is 4.19. The van der Waals surface area contributed by atoms with E-state index >= 15 is 0 Å². The summed E-state index contributed by atoms with van der Waals surface area (Å²) in [6, 6.07) is 8.23. The lowest BCUT2D eigenvalue weighted by molar-refractivity contribution is 0.312. The largest absolute Gasteiger partial charge is 0.352 e. The Morgan fingerprint density at radius 3 is 2.65 bits per heavy atom. The van der Waals surface area contributed by atoms with Crippen LogP contribution in [0.2, 0.25) is 0 Å². The Bertz CT molecular complexity index is 755. The van der Waals surface area contributed by atoms with Crippen LogP contribution in [0.1, 0.15) is 0 Å². The van der Waals surface area contributed by atoms with E-state index in [1.165, 1.54) is 0 Å². The van der Waals surface area contributed by atoms with E-state index < -0.39 is 0 Å². The second-order valence-electron chi connectivity index (χ2n) is 5.34. The molecule has 102 valence electrons. The van der Waals surface area contributed by atoms with Gasteiger partial charge in [0.25, 0.3) is 0 Å². The van der Waals surface area contributed by atoms with Gasteiger partial charge in [0.1, 0.15) is 0 Å². The van der Waals surface area contributed by atoms with E-state index in [4.69, 9.17) is 4.98 Å². The van der Waals surface area contributed by atoms with Gasteiger partial charge in [-0.3, -0.25) is 0 Å². The molecular weight excluding hydrogens is 250 g/mol. The summed E-state index contributed by atoms with van der Waals surface area (Å²) in [4.78, 5) is 13.9. The topological polar surface area (TPSA) is 36.7 Å². The van der Waals surface area contributed by atoms with Gasteiger partial charge in [-0.2, -0.15) is 0 Å². The van der Waals surface area contributed by atoms with Crippen LogP contribution in [0.4, 0.5) is 5.82 Å². The van der Waals surface area contributed by atoms with Crippen molar-refractivity contribution in [3.05, 3.63) is 36.7 Å². The van der Waals surface area contributed by atoms with Crippen molar-refractivity contribution in [1.29, 1.82) is 0 Å². The molecule has 20 heavy (non-hydrogen) atoms.